The van der Waals surface area contributed by atoms with Crippen LogP contribution in [0, 0.1) is 0 Å². The van der Waals surface area contributed by atoms with E-state index >= 15 is 0 Å². The molecule has 2 rings (SSSR count). The molecule has 1 atom stereocenters. The van der Waals surface area contributed by atoms with Crippen molar-refractivity contribution in [3.8, 4) is 0 Å². The lowest BCUT2D eigenvalue weighted by atomic mass is 10.1. The van der Waals surface area contributed by atoms with Gasteiger partial charge in [-0.05, 0) is 12.5 Å². The summed E-state index contributed by atoms with van der Waals surface area (Å²) >= 11 is 5.22. The maximum atomic E-state index is 12.1. The van der Waals surface area contributed by atoms with E-state index in [0.29, 0.717) is 31.3 Å². The molecule has 1 N–H and O–H groups in total. The Morgan fingerprint density at radius 3 is 2.58 bits per heavy atom. The highest BCUT2D eigenvalue weighted by molar-refractivity contribution is 7.82. The molecule has 1 amide bonds. The van der Waals surface area contributed by atoms with E-state index in [0.717, 1.165) is 5.56 Å². The minimum absolute atomic E-state index is 0.0484. The summed E-state index contributed by atoms with van der Waals surface area (Å²) in [6, 6.07) is 9.80. The number of amides is 1. The van der Waals surface area contributed by atoms with Gasteiger partial charge in [0.1, 0.15) is 0 Å². The van der Waals surface area contributed by atoms with Gasteiger partial charge in [-0.15, -0.1) is 0 Å². The molecule has 102 valence electrons. The van der Waals surface area contributed by atoms with Crippen molar-refractivity contribution in [1.29, 1.82) is 0 Å². The van der Waals surface area contributed by atoms with Gasteiger partial charge in [-0.1, -0.05) is 42.5 Å². The van der Waals surface area contributed by atoms with Crippen LogP contribution in [0.15, 0.2) is 30.3 Å². The van der Waals surface area contributed by atoms with Gasteiger partial charge in [0, 0.05) is 13.1 Å². The average Bonchev–Trinajstić information content (AvgIpc) is 2.48. The molecular weight excluding hydrogens is 260 g/mol. The van der Waals surface area contributed by atoms with Crippen molar-refractivity contribution in [3.05, 3.63) is 35.9 Å². The summed E-state index contributed by atoms with van der Waals surface area (Å²) in [5.74, 6) is -0.187. The molecule has 1 saturated heterocycles. The molecule has 0 aromatic heterocycles. The number of morpholine rings is 1. The van der Waals surface area contributed by atoms with Crippen LogP contribution in [0.25, 0.3) is 0 Å². The molecule has 0 bridgehead atoms. The Morgan fingerprint density at radius 2 is 1.95 bits per heavy atom. The first kappa shape index (κ1) is 14.0. The predicted octanol–water partition coefficient (Wildman–Crippen LogP) is 1.52. The summed E-state index contributed by atoms with van der Waals surface area (Å²) in [4.78, 5) is 14.3. The zero-order chi connectivity index (χ0) is 13.7. The first-order chi connectivity index (χ1) is 9.18. The maximum absolute atomic E-state index is 12.1. The van der Waals surface area contributed by atoms with Gasteiger partial charge < -0.3 is 15.0 Å². The number of benzene rings is 1. The molecule has 1 heterocycles. The summed E-state index contributed by atoms with van der Waals surface area (Å²) in [5, 5.41) is 2.93. The zero-order valence-corrected chi connectivity index (χ0v) is 11.8. The third-order valence-electron chi connectivity index (χ3n) is 3.14. The fourth-order valence-corrected chi connectivity index (χ4v) is 2.23. The van der Waals surface area contributed by atoms with Crippen LogP contribution >= 0.6 is 12.2 Å². The molecule has 1 aromatic rings. The number of carbonyl (C=O) groups is 1. The molecule has 0 unspecified atom stereocenters. The van der Waals surface area contributed by atoms with E-state index in [1.165, 1.54) is 0 Å². The average molecular weight is 278 g/mol. The van der Waals surface area contributed by atoms with Gasteiger partial charge in [0.15, 0.2) is 4.99 Å². The lowest BCUT2D eigenvalue weighted by Gasteiger charge is -2.29. The highest BCUT2D eigenvalue weighted by atomic mass is 32.1. The Morgan fingerprint density at radius 1 is 1.32 bits per heavy atom. The Bertz CT molecular complexity index is 444. The fourth-order valence-electron chi connectivity index (χ4n) is 1.99. The number of nitrogens with zero attached hydrogens (tertiary/aromatic N) is 1. The Kier molecular flexibility index (Phi) is 4.87. The Balaban J connectivity index is 1.91. The van der Waals surface area contributed by atoms with Gasteiger partial charge in [-0.3, -0.25) is 4.79 Å². The molecule has 4 nitrogen and oxygen atoms in total. The second-order valence-electron chi connectivity index (χ2n) is 4.51. The second kappa shape index (κ2) is 6.63. The number of rotatable bonds is 2. The largest absolute Gasteiger partial charge is 0.378 e. The van der Waals surface area contributed by atoms with Crippen molar-refractivity contribution >= 4 is 23.1 Å². The lowest BCUT2D eigenvalue weighted by Crippen LogP contribution is -2.47. The third-order valence-corrected chi connectivity index (χ3v) is 3.58. The number of ether oxygens (including phenoxy) is 1. The van der Waals surface area contributed by atoms with Crippen LogP contribution in [0.5, 0.6) is 0 Å². The molecule has 5 heteroatoms. The molecule has 1 aliphatic rings. The minimum atomic E-state index is -0.187. The van der Waals surface area contributed by atoms with E-state index < -0.39 is 0 Å². The number of hydrogen-bond donors (Lipinski definition) is 1. The quantitative estimate of drug-likeness (QED) is 0.833. The normalized spacial score (nSPS) is 16.8. The summed E-state index contributed by atoms with van der Waals surface area (Å²) < 4.78 is 5.25. The van der Waals surface area contributed by atoms with E-state index in [9.17, 15) is 4.79 Å². The molecular formula is C14H18N2O2S. The molecule has 1 aliphatic heterocycles. The molecule has 1 aromatic carbocycles. The number of nitrogens with one attached hydrogen (secondary N) is 1. The van der Waals surface area contributed by atoms with Gasteiger partial charge in [0.25, 0.3) is 5.91 Å². The number of carbonyl (C=O) groups excluding carboxylic acids is 1. The van der Waals surface area contributed by atoms with Gasteiger partial charge >= 0.3 is 0 Å². The summed E-state index contributed by atoms with van der Waals surface area (Å²) in [5.41, 5.74) is 1.07. The third kappa shape index (κ3) is 3.75. The molecule has 0 spiro atoms. The van der Waals surface area contributed by atoms with Crippen LogP contribution in [-0.2, 0) is 9.53 Å². The molecule has 1 fully saturated rings. The Hall–Kier alpha value is -1.46. The van der Waals surface area contributed by atoms with Crippen molar-refractivity contribution in [3.63, 3.8) is 0 Å². The van der Waals surface area contributed by atoms with Gasteiger partial charge in [0.2, 0.25) is 0 Å². The van der Waals surface area contributed by atoms with E-state index in [1.54, 1.807) is 0 Å². The van der Waals surface area contributed by atoms with E-state index in [1.807, 2.05) is 42.2 Å². The van der Waals surface area contributed by atoms with Crippen molar-refractivity contribution in [2.75, 3.05) is 26.3 Å². The Labute approximate surface area is 118 Å². The van der Waals surface area contributed by atoms with Crippen LogP contribution in [-0.4, -0.2) is 42.1 Å². The summed E-state index contributed by atoms with van der Waals surface area (Å²) in [7, 11) is 0. The van der Waals surface area contributed by atoms with Gasteiger partial charge in [-0.25, -0.2) is 0 Å². The lowest BCUT2D eigenvalue weighted by molar-refractivity contribution is -0.116. The van der Waals surface area contributed by atoms with Crippen LogP contribution in [0.4, 0.5) is 0 Å². The maximum Gasteiger partial charge on any atom is 0.279 e. The molecule has 19 heavy (non-hydrogen) atoms. The first-order valence-electron chi connectivity index (χ1n) is 6.41. The molecule has 0 radical (unpaired) electrons. The zero-order valence-electron chi connectivity index (χ0n) is 11.0. The molecule has 0 saturated carbocycles. The van der Waals surface area contributed by atoms with E-state index in [2.05, 4.69) is 5.32 Å². The van der Waals surface area contributed by atoms with Crippen molar-refractivity contribution < 1.29 is 9.53 Å². The van der Waals surface area contributed by atoms with E-state index in [4.69, 9.17) is 17.0 Å². The highest BCUT2D eigenvalue weighted by Gasteiger charge is 2.21. The monoisotopic (exact) mass is 278 g/mol. The van der Waals surface area contributed by atoms with Crippen molar-refractivity contribution in [2.24, 2.45) is 0 Å². The highest BCUT2D eigenvalue weighted by Crippen LogP contribution is 2.11. The van der Waals surface area contributed by atoms with E-state index in [-0.39, 0.29) is 11.9 Å². The van der Waals surface area contributed by atoms with Crippen molar-refractivity contribution in [1.82, 2.24) is 10.2 Å². The predicted molar refractivity (Wildman–Crippen MR) is 78.0 cm³/mol. The van der Waals surface area contributed by atoms with Crippen molar-refractivity contribution in [2.45, 2.75) is 13.0 Å². The number of hydrogen-bond acceptors (Lipinski definition) is 3. The summed E-state index contributed by atoms with van der Waals surface area (Å²) in [6.07, 6.45) is 0. The molecule has 0 aliphatic carbocycles. The van der Waals surface area contributed by atoms with Gasteiger partial charge in [-0.2, -0.15) is 0 Å². The standard InChI is InChI=1S/C14H18N2O2S/c1-11(12-5-3-2-4-6-12)15-13(17)14(19)16-7-9-18-10-8-16/h2-6,11H,7-10H2,1H3,(H,15,17)/t11-/m1/s1. The van der Waals surface area contributed by atoms with Crippen LogP contribution in [0.1, 0.15) is 18.5 Å². The van der Waals surface area contributed by atoms with Crippen LogP contribution in [0.3, 0.4) is 0 Å². The first-order valence-corrected chi connectivity index (χ1v) is 6.82. The SMILES string of the molecule is C[C@@H](NC(=O)C(=S)N1CCOCC1)c1ccccc1. The van der Waals surface area contributed by atoms with Gasteiger partial charge in [0.05, 0.1) is 19.3 Å². The van der Waals surface area contributed by atoms with Crippen LogP contribution < -0.4 is 5.32 Å². The number of thiocarbonyl (C=S) groups is 1. The summed E-state index contributed by atoms with van der Waals surface area (Å²) in [6.45, 7) is 4.58. The van der Waals surface area contributed by atoms with Crippen LogP contribution in [0.2, 0.25) is 0 Å². The smallest absolute Gasteiger partial charge is 0.279 e. The second-order valence-corrected chi connectivity index (χ2v) is 4.90. The minimum Gasteiger partial charge on any atom is -0.378 e. The fraction of sp³-hybridized carbons (Fsp3) is 0.429. The topological polar surface area (TPSA) is 41.6 Å².